The molecule has 0 unspecified atom stereocenters. The first-order valence-corrected chi connectivity index (χ1v) is 9.09. The lowest BCUT2D eigenvalue weighted by atomic mass is 9.98. The first-order valence-electron chi connectivity index (χ1n) is 6.41. The molecule has 118 valence electrons. The number of hydrogen-bond donors (Lipinski definition) is 1. The van der Waals surface area contributed by atoms with Gasteiger partial charge in [-0.25, -0.2) is 13.1 Å². The van der Waals surface area contributed by atoms with Crippen molar-refractivity contribution >= 4 is 38.6 Å². The number of likely N-dealkylation sites (tertiary alicyclic amines) is 1. The molecule has 1 saturated heterocycles. The third kappa shape index (κ3) is 4.13. The molecule has 0 radical (unpaired) electrons. The second-order valence-electron chi connectivity index (χ2n) is 5.08. The molecule has 0 saturated carbocycles. The Hall–Kier alpha value is -0.740. The summed E-state index contributed by atoms with van der Waals surface area (Å²) >= 11 is 6.39. The summed E-state index contributed by atoms with van der Waals surface area (Å²) in [5.41, 5.74) is -0.374. The zero-order chi connectivity index (χ0) is 15.6. The van der Waals surface area contributed by atoms with Gasteiger partial charge >= 0.3 is 0 Å². The Balaban J connectivity index is 2.02. The van der Waals surface area contributed by atoms with Crippen molar-refractivity contribution in [3.8, 4) is 0 Å². The number of nitrogens with one attached hydrogen (secondary N) is 1. The van der Waals surface area contributed by atoms with Gasteiger partial charge in [-0.2, -0.15) is 0 Å². The van der Waals surface area contributed by atoms with Crippen LogP contribution in [0.3, 0.4) is 0 Å². The molecular weight excluding hydrogens is 338 g/mol. The molecule has 1 aromatic heterocycles. The second kappa shape index (κ2) is 6.57. The van der Waals surface area contributed by atoms with Gasteiger partial charge in [-0.05, 0) is 38.9 Å². The van der Waals surface area contributed by atoms with Crippen molar-refractivity contribution in [3.05, 3.63) is 20.5 Å². The summed E-state index contributed by atoms with van der Waals surface area (Å²) in [7, 11) is -1.71. The molecule has 7 nitrogen and oxygen atoms in total. The van der Waals surface area contributed by atoms with Gasteiger partial charge in [0.05, 0.1) is 4.92 Å². The number of nitrogens with zero attached hydrogens (tertiary/aromatic N) is 2. The van der Waals surface area contributed by atoms with Gasteiger partial charge < -0.3 is 4.90 Å². The molecule has 1 fully saturated rings. The predicted molar refractivity (Wildman–Crippen MR) is 81.4 cm³/mol. The van der Waals surface area contributed by atoms with Crippen LogP contribution in [-0.2, 0) is 10.0 Å². The Morgan fingerprint density at radius 3 is 2.67 bits per heavy atom. The van der Waals surface area contributed by atoms with Crippen LogP contribution in [0.2, 0.25) is 4.34 Å². The van der Waals surface area contributed by atoms with E-state index in [0.717, 1.165) is 32.0 Å². The van der Waals surface area contributed by atoms with Crippen molar-refractivity contribution in [2.24, 2.45) is 5.92 Å². The van der Waals surface area contributed by atoms with Gasteiger partial charge in [-0.1, -0.05) is 11.6 Å². The van der Waals surface area contributed by atoms with E-state index in [2.05, 4.69) is 9.62 Å². The van der Waals surface area contributed by atoms with E-state index in [9.17, 15) is 18.5 Å². The van der Waals surface area contributed by atoms with Gasteiger partial charge in [0.15, 0.2) is 4.34 Å². The normalized spacial score (nSPS) is 18.0. The number of sulfonamides is 1. The smallest absolute Gasteiger partial charge is 0.300 e. The maximum absolute atomic E-state index is 12.1. The van der Waals surface area contributed by atoms with Gasteiger partial charge in [-0.3, -0.25) is 10.1 Å². The van der Waals surface area contributed by atoms with Crippen LogP contribution in [0.25, 0.3) is 0 Å². The predicted octanol–water partition coefficient (Wildman–Crippen LogP) is 1.93. The number of rotatable bonds is 5. The molecule has 0 spiro atoms. The van der Waals surface area contributed by atoms with E-state index in [1.165, 1.54) is 0 Å². The van der Waals surface area contributed by atoms with Crippen LogP contribution < -0.4 is 4.72 Å². The maximum atomic E-state index is 12.1. The minimum absolute atomic E-state index is 0.118. The number of halogens is 1. The zero-order valence-corrected chi connectivity index (χ0v) is 13.8. The Morgan fingerprint density at radius 2 is 2.14 bits per heavy atom. The molecule has 1 aliphatic heterocycles. The fraction of sp³-hybridized carbons (Fsp3) is 0.636. The summed E-state index contributed by atoms with van der Waals surface area (Å²) in [4.78, 5) is 12.2. The molecule has 0 bridgehead atoms. The lowest BCUT2D eigenvalue weighted by molar-refractivity contribution is -0.384. The van der Waals surface area contributed by atoms with Crippen LogP contribution in [0, 0.1) is 16.0 Å². The molecule has 0 aromatic carbocycles. The minimum Gasteiger partial charge on any atom is -0.306 e. The van der Waals surface area contributed by atoms with Gasteiger partial charge in [0, 0.05) is 12.6 Å². The molecule has 1 aliphatic rings. The van der Waals surface area contributed by atoms with E-state index in [1.54, 1.807) is 0 Å². The van der Waals surface area contributed by atoms with Gasteiger partial charge in [0.25, 0.3) is 5.69 Å². The molecule has 0 aliphatic carbocycles. The second-order valence-corrected chi connectivity index (χ2v) is 8.73. The molecular formula is C11H16ClN3O4S2. The highest BCUT2D eigenvalue weighted by Crippen LogP contribution is 2.36. The summed E-state index contributed by atoms with van der Waals surface area (Å²) in [5.74, 6) is 0.293. The average molecular weight is 354 g/mol. The highest BCUT2D eigenvalue weighted by molar-refractivity contribution is 7.91. The Bertz CT molecular complexity index is 623. The van der Waals surface area contributed by atoms with Crippen molar-refractivity contribution in [1.29, 1.82) is 0 Å². The minimum atomic E-state index is -3.74. The molecule has 1 N–H and O–H groups in total. The van der Waals surface area contributed by atoms with E-state index in [4.69, 9.17) is 11.6 Å². The maximum Gasteiger partial charge on any atom is 0.300 e. The van der Waals surface area contributed by atoms with Gasteiger partial charge in [-0.15, -0.1) is 11.3 Å². The van der Waals surface area contributed by atoms with Crippen LogP contribution in [-0.4, -0.2) is 44.9 Å². The topological polar surface area (TPSA) is 92.6 Å². The largest absolute Gasteiger partial charge is 0.306 e. The van der Waals surface area contributed by atoms with Crippen molar-refractivity contribution in [2.45, 2.75) is 17.1 Å². The van der Waals surface area contributed by atoms with E-state index in [0.29, 0.717) is 23.8 Å². The highest BCUT2D eigenvalue weighted by Gasteiger charge is 2.26. The third-order valence-corrected chi connectivity index (χ3v) is 6.74. The fourth-order valence-electron chi connectivity index (χ4n) is 2.16. The lowest BCUT2D eigenvalue weighted by Crippen LogP contribution is -2.36. The van der Waals surface area contributed by atoms with Gasteiger partial charge in [0.1, 0.15) is 4.21 Å². The quantitative estimate of drug-likeness (QED) is 0.645. The number of piperidine rings is 1. The first kappa shape index (κ1) is 16.6. The van der Waals surface area contributed by atoms with Crippen molar-refractivity contribution in [3.63, 3.8) is 0 Å². The Morgan fingerprint density at radius 1 is 1.52 bits per heavy atom. The molecule has 0 atom stereocenters. The Labute approximate surface area is 132 Å². The summed E-state index contributed by atoms with van der Waals surface area (Å²) in [6.45, 7) is 2.24. The van der Waals surface area contributed by atoms with Crippen LogP contribution in [0.4, 0.5) is 5.69 Å². The van der Waals surface area contributed by atoms with Crippen molar-refractivity contribution < 1.29 is 13.3 Å². The number of nitro groups is 1. The average Bonchev–Trinajstić information content (AvgIpc) is 2.81. The first-order chi connectivity index (χ1) is 9.79. The monoisotopic (exact) mass is 353 g/mol. The van der Waals surface area contributed by atoms with Crippen LogP contribution >= 0.6 is 22.9 Å². The zero-order valence-electron chi connectivity index (χ0n) is 11.4. The SMILES string of the molecule is CN1CCC(CNS(=O)(=O)c2cc([N+](=O)[O-])c(Cl)s2)CC1. The van der Waals surface area contributed by atoms with Gasteiger partial charge in [0.2, 0.25) is 10.0 Å². The van der Waals surface area contributed by atoms with E-state index >= 15 is 0 Å². The van der Waals surface area contributed by atoms with Crippen molar-refractivity contribution in [2.75, 3.05) is 26.7 Å². The number of hydrogen-bond acceptors (Lipinski definition) is 6. The molecule has 21 heavy (non-hydrogen) atoms. The van der Waals surface area contributed by atoms with E-state index < -0.39 is 14.9 Å². The molecule has 1 aromatic rings. The fourth-order valence-corrected chi connectivity index (χ4v) is 4.99. The molecule has 2 heterocycles. The molecule has 10 heteroatoms. The third-order valence-electron chi connectivity index (χ3n) is 3.51. The summed E-state index contributed by atoms with van der Waals surface area (Å²) < 4.78 is 26.5. The number of thiophene rings is 1. The summed E-state index contributed by atoms with van der Waals surface area (Å²) in [6.07, 6.45) is 1.87. The van der Waals surface area contributed by atoms with Crippen LogP contribution in [0.5, 0.6) is 0 Å². The van der Waals surface area contributed by atoms with Crippen molar-refractivity contribution in [1.82, 2.24) is 9.62 Å². The summed E-state index contributed by atoms with van der Waals surface area (Å²) in [6, 6.07) is 1.00. The van der Waals surface area contributed by atoms with E-state index in [1.807, 2.05) is 7.05 Å². The van der Waals surface area contributed by atoms with E-state index in [-0.39, 0.29) is 14.2 Å². The molecule has 0 amide bonds. The Kier molecular flexibility index (Phi) is 5.20. The van der Waals surface area contributed by atoms with Crippen LogP contribution in [0.1, 0.15) is 12.8 Å². The summed E-state index contributed by atoms with van der Waals surface area (Å²) in [5, 5.41) is 10.7. The van der Waals surface area contributed by atoms with Crippen LogP contribution in [0.15, 0.2) is 10.3 Å². The highest BCUT2D eigenvalue weighted by atomic mass is 35.5. The molecule has 2 rings (SSSR count). The standard InChI is InChI=1S/C11H16ClN3O4S2/c1-14-4-2-8(3-5-14)7-13-21(18,19)10-6-9(15(16)17)11(12)20-10/h6,8,13H,2-5,7H2,1H3. The lowest BCUT2D eigenvalue weighted by Gasteiger charge is -2.28.